The summed E-state index contributed by atoms with van der Waals surface area (Å²) in [7, 11) is 0. The average Bonchev–Trinajstić information content (AvgIpc) is 3.02. The highest BCUT2D eigenvalue weighted by molar-refractivity contribution is 8.01. The fourth-order valence-electron chi connectivity index (χ4n) is 3.86. The van der Waals surface area contributed by atoms with Gasteiger partial charge in [-0.05, 0) is 38.0 Å². The number of hydrogen-bond acceptors (Lipinski definition) is 3. The van der Waals surface area contributed by atoms with Gasteiger partial charge in [0.25, 0.3) is 0 Å². The molecule has 0 bridgehead atoms. The largest absolute Gasteiger partial charge is 0.336 e. The number of nitrogens with one attached hydrogen (secondary N) is 2. The maximum Gasteiger partial charge on any atom is 0.318 e. The normalized spacial score (nSPS) is 23.1. The first-order valence-corrected chi connectivity index (χ1v) is 11.4. The molecule has 0 radical (unpaired) electrons. The number of piperazine rings is 1. The number of urea groups is 1. The van der Waals surface area contributed by atoms with Crippen LogP contribution in [0.1, 0.15) is 38.1 Å². The first-order valence-electron chi connectivity index (χ1n) is 10.5. The van der Waals surface area contributed by atoms with E-state index in [4.69, 9.17) is 0 Å². The molecule has 2 heterocycles. The monoisotopic (exact) mass is 423 g/mol. The molecule has 0 unspecified atom stereocenters. The number of rotatable bonds is 6. The third-order valence-corrected chi connectivity index (χ3v) is 7.18. The molecule has 6 nitrogen and oxygen atoms in total. The van der Waals surface area contributed by atoms with E-state index in [9.17, 15) is 14.0 Å². The number of halogens is 1. The van der Waals surface area contributed by atoms with Crippen molar-refractivity contribution in [1.29, 1.82) is 0 Å². The quantitative estimate of drug-likeness (QED) is 0.729. The Labute approximate surface area is 176 Å². The lowest BCUT2D eigenvalue weighted by molar-refractivity contribution is -0.903. The maximum atomic E-state index is 13.3. The molecule has 2 aliphatic heterocycles. The molecule has 8 heteroatoms. The number of quaternary nitrogens is 1. The molecule has 2 N–H and O–H groups in total. The molecular formula is C21H32FN4O2S+. The fourth-order valence-corrected chi connectivity index (χ4v) is 5.29. The van der Waals surface area contributed by atoms with Gasteiger partial charge in [0.2, 0.25) is 5.91 Å². The van der Waals surface area contributed by atoms with Gasteiger partial charge >= 0.3 is 6.03 Å². The Morgan fingerprint density at radius 3 is 2.52 bits per heavy atom. The first kappa shape index (κ1) is 21.9. The topological polar surface area (TPSA) is 57.1 Å². The molecule has 1 aromatic rings. The van der Waals surface area contributed by atoms with E-state index in [-0.39, 0.29) is 34.4 Å². The number of thioether (sulfide) groups is 1. The second-order valence-corrected chi connectivity index (χ2v) is 9.35. The third kappa shape index (κ3) is 5.42. The predicted octanol–water partition coefficient (Wildman–Crippen LogP) is 1.50. The van der Waals surface area contributed by atoms with Crippen molar-refractivity contribution in [2.75, 3.05) is 39.3 Å². The molecule has 0 aromatic heterocycles. The van der Waals surface area contributed by atoms with Gasteiger partial charge in [-0.25, -0.2) is 9.18 Å². The molecule has 2 fully saturated rings. The number of nitrogens with zero attached hydrogens (tertiary/aromatic N) is 2. The molecule has 3 rings (SSSR count). The molecule has 2 saturated heterocycles. The van der Waals surface area contributed by atoms with E-state index >= 15 is 0 Å². The second kappa shape index (κ2) is 9.80. The van der Waals surface area contributed by atoms with E-state index in [1.165, 1.54) is 17.0 Å². The van der Waals surface area contributed by atoms with Gasteiger partial charge in [-0.3, -0.25) is 4.79 Å². The Kier molecular flexibility index (Phi) is 7.40. The van der Waals surface area contributed by atoms with Crippen LogP contribution in [0.15, 0.2) is 24.3 Å². The Balaban J connectivity index is 1.56. The lowest BCUT2D eigenvalue weighted by Gasteiger charge is -2.34. The molecule has 0 aliphatic carbocycles. The average molecular weight is 424 g/mol. The van der Waals surface area contributed by atoms with Crippen LogP contribution in [0.2, 0.25) is 0 Å². The van der Waals surface area contributed by atoms with Crippen LogP contribution >= 0.6 is 11.8 Å². The van der Waals surface area contributed by atoms with Gasteiger partial charge in [-0.2, -0.15) is 0 Å². The van der Waals surface area contributed by atoms with Gasteiger partial charge < -0.3 is 20.0 Å². The van der Waals surface area contributed by atoms with Crippen LogP contribution in [-0.2, 0) is 4.79 Å². The number of benzene rings is 1. The maximum absolute atomic E-state index is 13.3. The SMILES string of the molecule is CC[C@H]1S[C@H](c2ccc(F)cc2)N(CC[NH+]2CCN(C(=O)NC(C)C)CC2)C1=O. The number of carbonyl (C=O) groups is 2. The van der Waals surface area contributed by atoms with Gasteiger partial charge in [0.1, 0.15) is 11.2 Å². The van der Waals surface area contributed by atoms with Crippen LogP contribution in [-0.4, -0.2) is 72.3 Å². The van der Waals surface area contributed by atoms with E-state index in [1.807, 2.05) is 30.6 Å². The van der Waals surface area contributed by atoms with Crippen molar-refractivity contribution in [3.8, 4) is 0 Å². The zero-order chi connectivity index (χ0) is 21.0. The minimum atomic E-state index is -0.259. The molecule has 1 aromatic carbocycles. The van der Waals surface area contributed by atoms with Crippen LogP contribution in [0, 0.1) is 5.82 Å². The molecular weight excluding hydrogens is 391 g/mol. The minimum absolute atomic E-state index is 0.00679. The molecule has 0 saturated carbocycles. The van der Waals surface area contributed by atoms with E-state index in [1.54, 1.807) is 23.9 Å². The van der Waals surface area contributed by atoms with Crippen LogP contribution < -0.4 is 10.2 Å². The Hall–Kier alpha value is -1.80. The lowest BCUT2D eigenvalue weighted by atomic mass is 10.2. The van der Waals surface area contributed by atoms with Gasteiger partial charge in [0.05, 0.1) is 44.5 Å². The second-order valence-electron chi connectivity index (χ2n) is 8.06. The highest BCUT2D eigenvalue weighted by Gasteiger charge is 2.40. The summed E-state index contributed by atoms with van der Waals surface area (Å²) in [6.45, 7) is 10.7. The Morgan fingerprint density at radius 2 is 1.93 bits per heavy atom. The van der Waals surface area contributed by atoms with Crippen molar-refractivity contribution >= 4 is 23.7 Å². The first-order chi connectivity index (χ1) is 13.9. The van der Waals surface area contributed by atoms with Gasteiger partial charge in [0.15, 0.2) is 0 Å². The zero-order valence-electron chi connectivity index (χ0n) is 17.5. The summed E-state index contributed by atoms with van der Waals surface area (Å²) >= 11 is 1.67. The number of amides is 3. The summed E-state index contributed by atoms with van der Waals surface area (Å²) in [6, 6.07) is 6.64. The van der Waals surface area contributed by atoms with Gasteiger partial charge in [-0.1, -0.05) is 19.1 Å². The van der Waals surface area contributed by atoms with Crippen molar-refractivity contribution < 1.29 is 18.9 Å². The van der Waals surface area contributed by atoms with Crippen LogP contribution in [0.25, 0.3) is 0 Å². The highest BCUT2D eigenvalue weighted by atomic mass is 32.2. The molecule has 2 atom stereocenters. The van der Waals surface area contributed by atoms with Crippen molar-refractivity contribution in [3.63, 3.8) is 0 Å². The summed E-state index contributed by atoms with van der Waals surface area (Å²) in [5.74, 6) is -0.0772. The minimum Gasteiger partial charge on any atom is -0.336 e. The van der Waals surface area contributed by atoms with E-state index in [0.717, 1.165) is 44.7 Å². The van der Waals surface area contributed by atoms with Gasteiger partial charge in [-0.15, -0.1) is 11.8 Å². The molecule has 2 aliphatic rings. The Bertz CT molecular complexity index is 707. The Morgan fingerprint density at radius 1 is 1.28 bits per heavy atom. The third-order valence-electron chi connectivity index (χ3n) is 5.54. The van der Waals surface area contributed by atoms with E-state index < -0.39 is 0 Å². The summed E-state index contributed by atoms with van der Waals surface area (Å²) in [5.41, 5.74) is 0.978. The number of hydrogen-bond donors (Lipinski definition) is 2. The summed E-state index contributed by atoms with van der Waals surface area (Å²) in [4.78, 5) is 30.2. The van der Waals surface area contributed by atoms with Crippen molar-refractivity contribution in [2.24, 2.45) is 0 Å². The van der Waals surface area contributed by atoms with Crippen molar-refractivity contribution in [2.45, 2.75) is 43.9 Å². The zero-order valence-corrected chi connectivity index (χ0v) is 18.3. The van der Waals surface area contributed by atoms with E-state index in [0.29, 0.717) is 6.54 Å². The molecule has 3 amide bonds. The van der Waals surface area contributed by atoms with Crippen molar-refractivity contribution in [1.82, 2.24) is 15.1 Å². The van der Waals surface area contributed by atoms with Crippen LogP contribution in [0.5, 0.6) is 0 Å². The fraction of sp³-hybridized carbons (Fsp3) is 0.619. The molecule has 160 valence electrons. The molecule has 29 heavy (non-hydrogen) atoms. The molecule has 0 spiro atoms. The summed E-state index contributed by atoms with van der Waals surface area (Å²) in [5, 5.41) is 2.86. The van der Waals surface area contributed by atoms with E-state index in [2.05, 4.69) is 5.32 Å². The summed E-state index contributed by atoms with van der Waals surface area (Å²) in [6.07, 6.45) is 0.800. The standard InChI is InChI=1S/C21H31FN4O2S/c1-4-18-19(27)26(20(29-18)16-5-7-17(22)8-6-16)14-11-24-9-12-25(13-10-24)21(28)23-15(2)3/h5-8,15,18,20H,4,9-14H2,1-3H3,(H,23,28)/p+1/t18-,20-/m1/s1. The van der Waals surface area contributed by atoms with Crippen LogP contribution in [0.3, 0.4) is 0 Å². The van der Waals surface area contributed by atoms with Crippen molar-refractivity contribution in [3.05, 3.63) is 35.6 Å². The smallest absolute Gasteiger partial charge is 0.318 e. The lowest BCUT2D eigenvalue weighted by Crippen LogP contribution is -3.15. The highest BCUT2D eigenvalue weighted by Crippen LogP contribution is 2.43. The predicted molar refractivity (Wildman–Crippen MR) is 113 cm³/mol. The number of carbonyl (C=O) groups excluding carboxylic acids is 2. The van der Waals surface area contributed by atoms with Gasteiger partial charge in [0, 0.05) is 6.04 Å². The summed E-state index contributed by atoms with van der Waals surface area (Å²) < 4.78 is 13.3. The van der Waals surface area contributed by atoms with Crippen LogP contribution in [0.4, 0.5) is 9.18 Å².